The number of hydrogen-bond donors (Lipinski definition) is 3. The van der Waals surface area contributed by atoms with Crippen LogP contribution in [0.1, 0.15) is 19.8 Å². The van der Waals surface area contributed by atoms with Crippen molar-refractivity contribution in [1.29, 1.82) is 0 Å². The molecule has 0 aromatic carbocycles. The van der Waals surface area contributed by atoms with Crippen molar-refractivity contribution in [3.63, 3.8) is 0 Å². The number of rotatable bonds is 7. The molecule has 0 unspecified atom stereocenters. The van der Waals surface area contributed by atoms with Gasteiger partial charge in [-0.2, -0.15) is 0 Å². The minimum absolute atomic E-state index is 0.0179. The van der Waals surface area contributed by atoms with Gasteiger partial charge in [-0.15, -0.1) is 0 Å². The van der Waals surface area contributed by atoms with Crippen LogP contribution in [0.5, 0.6) is 0 Å². The standard InChI is InChI=1S/C10H20N2O4S/c1-2-3-4-11-8-6-17(15,16)7-9(8)12-5-10(13)14/h8-9,11-12H,2-7H2,1H3,(H,13,14)/t8-,9-/m0/s1. The van der Waals surface area contributed by atoms with Crippen LogP contribution in [0.3, 0.4) is 0 Å². The lowest BCUT2D eigenvalue weighted by atomic mass is 10.1. The van der Waals surface area contributed by atoms with Crippen molar-refractivity contribution in [2.75, 3.05) is 24.6 Å². The third-order valence-electron chi connectivity index (χ3n) is 2.81. The first-order chi connectivity index (χ1) is 7.94. The molecule has 1 rings (SSSR count). The van der Waals surface area contributed by atoms with E-state index >= 15 is 0 Å². The molecular formula is C10H20N2O4S. The molecule has 0 saturated carbocycles. The molecule has 3 N–H and O–H groups in total. The Morgan fingerprint density at radius 1 is 1.29 bits per heavy atom. The van der Waals surface area contributed by atoms with Crippen molar-refractivity contribution in [2.24, 2.45) is 0 Å². The molecule has 6 nitrogen and oxygen atoms in total. The summed E-state index contributed by atoms with van der Waals surface area (Å²) in [5.74, 6) is -0.862. The van der Waals surface area contributed by atoms with Crippen LogP contribution in [0.2, 0.25) is 0 Å². The van der Waals surface area contributed by atoms with Crippen molar-refractivity contribution in [1.82, 2.24) is 10.6 Å². The number of hydrogen-bond acceptors (Lipinski definition) is 5. The highest BCUT2D eigenvalue weighted by Crippen LogP contribution is 2.12. The molecule has 0 amide bonds. The van der Waals surface area contributed by atoms with Crippen LogP contribution in [0.4, 0.5) is 0 Å². The van der Waals surface area contributed by atoms with Crippen LogP contribution in [0.25, 0.3) is 0 Å². The van der Waals surface area contributed by atoms with Gasteiger partial charge in [0, 0.05) is 12.1 Å². The predicted molar refractivity (Wildman–Crippen MR) is 64.8 cm³/mol. The van der Waals surface area contributed by atoms with E-state index in [0.29, 0.717) is 0 Å². The molecule has 0 radical (unpaired) electrons. The zero-order chi connectivity index (χ0) is 12.9. The van der Waals surface area contributed by atoms with E-state index in [9.17, 15) is 13.2 Å². The van der Waals surface area contributed by atoms with Crippen LogP contribution in [0.15, 0.2) is 0 Å². The largest absolute Gasteiger partial charge is 0.480 e. The quantitative estimate of drug-likeness (QED) is 0.522. The Balaban J connectivity index is 2.49. The molecule has 100 valence electrons. The van der Waals surface area contributed by atoms with Gasteiger partial charge < -0.3 is 15.7 Å². The Labute approximate surface area is 102 Å². The third-order valence-corrected chi connectivity index (χ3v) is 4.54. The van der Waals surface area contributed by atoms with Crippen molar-refractivity contribution in [2.45, 2.75) is 31.8 Å². The number of carbonyl (C=O) groups is 1. The van der Waals surface area contributed by atoms with Crippen molar-refractivity contribution in [3.05, 3.63) is 0 Å². The summed E-state index contributed by atoms with van der Waals surface area (Å²) in [5, 5.41) is 14.5. The molecule has 17 heavy (non-hydrogen) atoms. The summed E-state index contributed by atoms with van der Waals surface area (Å²) in [5.41, 5.74) is 0. The average molecular weight is 264 g/mol. The van der Waals surface area contributed by atoms with Crippen LogP contribution in [-0.2, 0) is 14.6 Å². The molecule has 1 fully saturated rings. The summed E-state index contributed by atoms with van der Waals surface area (Å²) in [6.45, 7) is 2.63. The maximum Gasteiger partial charge on any atom is 0.317 e. The molecule has 2 atom stereocenters. The summed E-state index contributed by atoms with van der Waals surface area (Å²) < 4.78 is 23.0. The summed E-state index contributed by atoms with van der Waals surface area (Å²) in [6.07, 6.45) is 2.03. The molecule has 1 heterocycles. The fraction of sp³-hybridized carbons (Fsp3) is 0.900. The number of unbranched alkanes of at least 4 members (excludes halogenated alkanes) is 1. The van der Waals surface area contributed by atoms with Crippen molar-refractivity contribution < 1.29 is 18.3 Å². The first kappa shape index (κ1) is 14.4. The van der Waals surface area contributed by atoms with E-state index < -0.39 is 15.8 Å². The van der Waals surface area contributed by atoms with Crippen LogP contribution < -0.4 is 10.6 Å². The molecular weight excluding hydrogens is 244 g/mol. The van der Waals surface area contributed by atoms with Gasteiger partial charge >= 0.3 is 5.97 Å². The molecule has 1 aliphatic rings. The zero-order valence-electron chi connectivity index (χ0n) is 9.98. The molecule has 0 bridgehead atoms. The predicted octanol–water partition coefficient (Wildman–Crippen LogP) is -0.784. The van der Waals surface area contributed by atoms with E-state index in [1.807, 2.05) is 0 Å². The maximum atomic E-state index is 11.5. The second-order valence-electron chi connectivity index (χ2n) is 4.37. The molecule has 7 heteroatoms. The summed E-state index contributed by atoms with van der Waals surface area (Å²) >= 11 is 0. The van der Waals surface area contributed by atoms with Crippen LogP contribution in [-0.4, -0.2) is 56.2 Å². The Morgan fingerprint density at radius 3 is 2.41 bits per heavy atom. The van der Waals surface area contributed by atoms with Crippen molar-refractivity contribution in [3.8, 4) is 0 Å². The van der Waals surface area contributed by atoms with Gasteiger partial charge in [0.1, 0.15) is 0 Å². The monoisotopic (exact) mass is 264 g/mol. The number of carboxylic acids is 1. The van der Waals surface area contributed by atoms with Gasteiger partial charge in [-0.3, -0.25) is 4.79 Å². The SMILES string of the molecule is CCCCN[C@H]1CS(=O)(=O)C[C@@H]1NCC(=O)O. The lowest BCUT2D eigenvalue weighted by Crippen LogP contribution is -2.48. The fourth-order valence-corrected chi connectivity index (χ4v) is 3.86. The molecule has 0 spiro atoms. The van der Waals surface area contributed by atoms with E-state index in [2.05, 4.69) is 17.6 Å². The normalized spacial score (nSPS) is 27.1. The van der Waals surface area contributed by atoms with Crippen molar-refractivity contribution >= 4 is 15.8 Å². The van der Waals surface area contributed by atoms with Gasteiger partial charge in [0.25, 0.3) is 0 Å². The highest BCUT2D eigenvalue weighted by Gasteiger charge is 2.36. The minimum atomic E-state index is -3.05. The highest BCUT2D eigenvalue weighted by atomic mass is 32.2. The maximum absolute atomic E-state index is 11.5. The molecule has 1 saturated heterocycles. The Hall–Kier alpha value is -0.660. The average Bonchev–Trinajstić information content (AvgIpc) is 2.51. The van der Waals surface area contributed by atoms with E-state index in [-0.39, 0.29) is 30.1 Å². The smallest absolute Gasteiger partial charge is 0.317 e. The third kappa shape index (κ3) is 5.01. The second-order valence-corrected chi connectivity index (χ2v) is 6.53. The summed E-state index contributed by atoms with van der Waals surface area (Å²) in [6, 6.07) is -0.473. The Bertz CT molecular complexity index is 355. The molecule has 0 aromatic rings. The Morgan fingerprint density at radius 2 is 1.88 bits per heavy atom. The molecule has 1 aliphatic heterocycles. The van der Waals surface area contributed by atoms with Gasteiger partial charge in [0.05, 0.1) is 18.1 Å². The summed E-state index contributed by atoms with van der Waals surface area (Å²) in [4.78, 5) is 10.5. The zero-order valence-corrected chi connectivity index (χ0v) is 10.8. The van der Waals surface area contributed by atoms with Crippen LogP contribution >= 0.6 is 0 Å². The fourth-order valence-electron chi connectivity index (χ4n) is 1.93. The van der Waals surface area contributed by atoms with Gasteiger partial charge in [-0.25, -0.2) is 8.42 Å². The number of carboxylic acid groups (broad SMARTS) is 1. The molecule has 0 aromatic heterocycles. The summed E-state index contributed by atoms with van der Waals surface area (Å²) in [7, 11) is -3.05. The lowest BCUT2D eigenvalue weighted by molar-refractivity contribution is -0.136. The van der Waals surface area contributed by atoms with E-state index in [4.69, 9.17) is 5.11 Å². The van der Waals surface area contributed by atoms with E-state index in [1.54, 1.807) is 0 Å². The highest BCUT2D eigenvalue weighted by molar-refractivity contribution is 7.91. The number of nitrogens with one attached hydrogen (secondary N) is 2. The van der Waals surface area contributed by atoms with Gasteiger partial charge in [0.2, 0.25) is 0 Å². The first-order valence-electron chi connectivity index (χ1n) is 5.83. The number of sulfone groups is 1. The van der Waals surface area contributed by atoms with Gasteiger partial charge in [0.15, 0.2) is 9.84 Å². The number of aliphatic carboxylic acids is 1. The van der Waals surface area contributed by atoms with Crippen LogP contribution in [0, 0.1) is 0 Å². The van der Waals surface area contributed by atoms with Gasteiger partial charge in [-0.05, 0) is 13.0 Å². The Kier molecular flexibility index (Phi) is 5.35. The lowest BCUT2D eigenvalue weighted by Gasteiger charge is -2.19. The second kappa shape index (κ2) is 6.32. The van der Waals surface area contributed by atoms with E-state index in [0.717, 1.165) is 19.4 Å². The minimum Gasteiger partial charge on any atom is -0.480 e. The molecule has 0 aliphatic carbocycles. The first-order valence-corrected chi connectivity index (χ1v) is 7.65. The van der Waals surface area contributed by atoms with E-state index in [1.165, 1.54) is 0 Å². The van der Waals surface area contributed by atoms with Gasteiger partial charge in [-0.1, -0.05) is 13.3 Å². The topological polar surface area (TPSA) is 95.5 Å².